The molecule has 25 heavy (non-hydrogen) atoms. The van der Waals surface area contributed by atoms with E-state index >= 15 is 0 Å². The van der Waals surface area contributed by atoms with Gasteiger partial charge in [0.15, 0.2) is 5.65 Å². The first-order valence-corrected chi connectivity index (χ1v) is 8.74. The minimum atomic E-state index is 0.481. The van der Waals surface area contributed by atoms with E-state index in [4.69, 9.17) is 0 Å². The molecule has 0 saturated carbocycles. The van der Waals surface area contributed by atoms with E-state index in [1.54, 1.807) is 6.20 Å². The van der Waals surface area contributed by atoms with E-state index in [-0.39, 0.29) is 0 Å². The van der Waals surface area contributed by atoms with Crippen LogP contribution in [0.3, 0.4) is 0 Å². The summed E-state index contributed by atoms with van der Waals surface area (Å²) in [5, 5.41) is 9.32. The van der Waals surface area contributed by atoms with Crippen molar-refractivity contribution in [1.29, 1.82) is 5.26 Å². The van der Waals surface area contributed by atoms with Gasteiger partial charge in [-0.15, -0.1) is 0 Å². The molecular weight excluding hydrogens is 310 g/mol. The summed E-state index contributed by atoms with van der Waals surface area (Å²) in [6.45, 7) is 2.90. The second kappa shape index (κ2) is 6.66. The number of piperidine rings is 1. The van der Waals surface area contributed by atoms with Gasteiger partial charge in [0.05, 0.1) is 23.7 Å². The standard InChI is InChI=1S/C20H21N5/c1-24-18-7-4-10-22-20(18)23-19(24)14-25-11-8-15(9-12-25)17-6-3-2-5-16(17)13-21/h2-7,10,15H,8-9,11-12,14H2,1H3. The van der Waals surface area contributed by atoms with Crippen LogP contribution in [0.25, 0.3) is 11.2 Å². The number of likely N-dealkylation sites (tertiary alicyclic amines) is 1. The Morgan fingerprint density at radius 2 is 1.96 bits per heavy atom. The molecule has 0 atom stereocenters. The number of pyridine rings is 1. The number of aromatic nitrogens is 3. The predicted octanol–water partition coefficient (Wildman–Crippen LogP) is 3.22. The van der Waals surface area contributed by atoms with Gasteiger partial charge in [-0.05, 0) is 55.6 Å². The number of nitriles is 1. The molecule has 0 N–H and O–H groups in total. The molecular formula is C20H21N5. The third kappa shape index (κ3) is 3.01. The van der Waals surface area contributed by atoms with Gasteiger partial charge >= 0.3 is 0 Å². The highest BCUT2D eigenvalue weighted by Gasteiger charge is 2.23. The molecule has 0 bridgehead atoms. The van der Waals surface area contributed by atoms with E-state index in [1.165, 1.54) is 5.56 Å². The highest BCUT2D eigenvalue weighted by Crippen LogP contribution is 2.30. The van der Waals surface area contributed by atoms with Crippen LogP contribution in [0.1, 0.15) is 35.7 Å². The van der Waals surface area contributed by atoms with Crippen molar-refractivity contribution in [2.45, 2.75) is 25.3 Å². The average molecular weight is 331 g/mol. The fourth-order valence-electron chi connectivity index (χ4n) is 3.77. The van der Waals surface area contributed by atoms with Crippen molar-refractivity contribution in [2.24, 2.45) is 7.05 Å². The molecule has 1 fully saturated rings. The SMILES string of the molecule is Cn1c(CN2CCC(c3ccccc3C#N)CC2)nc2ncccc21. The van der Waals surface area contributed by atoms with Crippen molar-refractivity contribution in [3.63, 3.8) is 0 Å². The normalized spacial score (nSPS) is 16.2. The fourth-order valence-corrected chi connectivity index (χ4v) is 3.77. The summed E-state index contributed by atoms with van der Waals surface area (Å²) in [5.74, 6) is 1.54. The Morgan fingerprint density at radius 1 is 1.16 bits per heavy atom. The van der Waals surface area contributed by atoms with Crippen LogP contribution >= 0.6 is 0 Å². The number of benzene rings is 1. The van der Waals surface area contributed by atoms with E-state index in [0.29, 0.717) is 5.92 Å². The van der Waals surface area contributed by atoms with Crippen molar-refractivity contribution in [2.75, 3.05) is 13.1 Å². The summed E-state index contributed by atoms with van der Waals surface area (Å²) >= 11 is 0. The Labute approximate surface area is 147 Å². The third-order valence-electron chi connectivity index (χ3n) is 5.22. The predicted molar refractivity (Wildman–Crippen MR) is 96.9 cm³/mol. The number of fused-ring (bicyclic) bond motifs is 1. The second-order valence-electron chi connectivity index (χ2n) is 6.68. The highest BCUT2D eigenvalue weighted by atomic mass is 15.2. The molecule has 3 aromatic rings. The zero-order chi connectivity index (χ0) is 17.2. The maximum atomic E-state index is 9.32. The molecule has 0 aliphatic carbocycles. The Kier molecular flexibility index (Phi) is 4.21. The monoisotopic (exact) mass is 331 g/mol. The molecule has 1 aliphatic rings. The third-order valence-corrected chi connectivity index (χ3v) is 5.22. The summed E-state index contributed by atoms with van der Waals surface area (Å²) in [5.41, 5.74) is 3.92. The summed E-state index contributed by atoms with van der Waals surface area (Å²) < 4.78 is 2.14. The minimum absolute atomic E-state index is 0.481. The van der Waals surface area contributed by atoms with Crippen LogP contribution in [0.5, 0.6) is 0 Å². The van der Waals surface area contributed by atoms with Crippen molar-refractivity contribution in [1.82, 2.24) is 19.4 Å². The van der Waals surface area contributed by atoms with Crippen LogP contribution in [0.4, 0.5) is 0 Å². The molecule has 1 aromatic carbocycles. The number of rotatable bonds is 3. The van der Waals surface area contributed by atoms with Crippen LogP contribution in [-0.2, 0) is 13.6 Å². The van der Waals surface area contributed by atoms with Gasteiger partial charge in [0.2, 0.25) is 0 Å². The van der Waals surface area contributed by atoms with Crippen LogP contribution in [0.15, 0.2) is 42.6 Å². The number of hydrogen-bond acceptors (Lipinski definition) is 4. The lowest BCUT2D eigenvalue weighted by Crippen LogP contribution is -2.33. The van der Waals surface area contributed by atoms with Gasteiger partial charge in [0.1, 0.15) is 5.82 Å². The first kappa shape index (κ1) is 15.8. The van der Waals surface area contributed by atoms with E-state index in [0.717, 1.165) is 55.0 Å². The quantitative estimate of drug-likeness (QED) is 0.739. The van der Waals surface area contributed by atoms with Crippen molar-refractivity contribution < 1.29 is 0 Å². The molecule has 0 radical (unpaired) electrons. The zero-order valence-electron chi connectivity index (χ0n) is 14.4. The minimum Gasteiger partial charge on any atom is -0.329 e. The molecule has 1 aliphatic heterocycles. The number of nitrogens with zero attached hydrogens (tertiary/aromatic N) is 5. The summed E-state index contributed by atoms with van der Waals surface area (Å²) in [4.78, 5) is 11.5. The topological polar surface area (TPSA) is 57.7 Å². The maximum absolute atomic E-state index is 9.32. The lowest BCUT2D eigenvalue weighted by atomic mass is 9.87. The molecule has 5 nitrogen and oxygen atoms in total. The Morgan fingerprint density at radius 3 is 2.72 bits per heavy atom. The lowest BCUT2D eigenvalue weighted by molar-refractivity contribution is 0.199. The zero-order valence-corrected chi connectivity index (χ0v) is 14.4. The van der Waals surface area contributed by atoms with Gasteiger partial charge in [-0.25, -0.2) is 9.97 Å². The van der Waals surface area contributed by atoms with Crippen LogP contribution in [0.2, 0.25) is 0 Å². The average Bonchev–Trinajstić information content (AvgIpc) is 2.98. The van der Waals surface area contributed by atoms with Crippen molar-refractivity contribution in [3.05, 3.63) is 59.5 Å². The fraction of sp³-hybridized carbons (Fsp3) is 0.350. The number of hydrogen-bond donors (Lipinski definition) is 0. The summed E-state index contributed by atoms with van der Waals surface area (Å²) in [7, 11) is 2.06. The highest BCUT2D eigenvalue weighted by molar-refractivity contribution is 5.71. The van der Waals surface area contributed by atoms with Gasteiger partial charge in [-0.1, -0.05) is 18.2 Å². The van der Waals surface area contributed by atoms with Gasteiger partial charge in [-0.3, -0.25) is 4.90 Å². The van der Waals surface area contributed by atoms with Crippen molar-refractivity contribution in [3.8, 4) is 6.07 Å². The van der Waals surface area contributed by atoms with Crippen LogP contribution in [0, 0.1) is 11.3 Å². The summed E-state index contributed by atoms with van der Waals surface area (Å²) in [6.07, 6.45) is 3.96. The van der Waals surface area contributed by atoms with E-state index in [9.17, 15) is 5.26 Å². The first-order valence-electron chi connectivity index (χ1n) is 8.74. The molecule has 0 unspecified atom stereocenters. The van der Waals surface area contributed by atoms with Crippen LogP contribution < -0.4 is 0 Å². The summed E-state index contributed by atoms with van der Waals surface area (Å²) in [6, 6.07) is 14.4. The van der Waals surface area contributed by atoms with Crippen LogP contribution in [-0.4, -0.2) is 32.5 Å². The molecule has 3 heterocycles. The van der Waals surface area contributed by atoms with Gasteiger partial charge in [-0.2, -0.15) is 5.26 Å². The Balaban J connectivity index is 1.45. The number of aryl methyl sites for hydroxylation is 1. The molecule has 0 amide bonds. The van der Waals surface area contributed by atoms with Crippen molar-refractivity contribution >= 4 is 11.2 Å². The Bertz CT molecular complexity index is 929. The second-order valence-corrected chi connectivity index (χ2v) is 6.68. The molecule has 1 saturated heterocycles. The molecule has 4 rings (SSSR count). The first-order chi connectivity index (χ1) is 12.3. The van der Waals surface area contributed by atoms with Gasteiger partial charge < -0.3 is 4.57 Å². The molecule has 0 spiro atoms. The van der Waals surface area contributed by atoms with E-state index in [2.05, 4.69) is 44.7 Å². The molecule has 5 heteroatoms. The smallest absolute Gasteiger partial charge is 0.177 e. The lowest BCUT2D eigenvalue weighted by Gasteiger charge is -2.32. The van der Waals surface area contributed by atoms with E-state index < -0.39 is 0 Å². The number of imidazole rings is 1. The largest absolute Gasteiger partial charge is 0.329 e. The van der Waals surface area contributed by atoms with Gasteiger partial charge in [0.25, 0.3) is 0 Å². The van der Waals surface area contributed by atoms with Gasteiger partial charge in [0, 0.05) is 13.2 Å². The molecule has 2 aromatic heterocycles. The van der Waals surface area contributed by atoms with E-state index in [1.807, 2.05) is 24.3 Å². The Hall–Kier alpha value is -2.71. The maximum Gasteiger partial charge on any atom is 0.177 e. The molecule has 126 valence electrons.